The Morgan fingerprint density at radius 1 is 1.40 bits per heavy atom. The molecule has 1 aromatic carbocycles. The minimum atomic E-state index is -0.739. The number of halogens is 1. The molecule has 0 bridgehead atoms. The summed E-state index contributed by atoms with van der Waals surface area (Å²) in [6, 6.07) is 3.76. The average Bonchev–Trinajstić information content (AvgIpc) is 2.36. The Morgan fingerprint density at radius 3 is 2.80 bits per heavy atom. The third kappa shape index (κ3) is 3.33. The molecule has 7 nitrogen and oxygen atoms in total. The monoisotopic (exact) mass is 294 g/mol. The van der Waals surface area contributed by atoms with Gasteiger partial charge < -0.3 is 10.6 Å². The topological polar surface area (TPSA) is 99.7 Å². The predicted molar refractivity (Wildman–Crippen MR) is 74.2 cm³/mol. The quantitative estimate of drug-likeness (QED) is 0.731. The summed E-state index contributed by atoms with van der Waals surface area (Å²) in [6.07, 6.45) is 0. The third-order valence-corrected chi connectivity index (χ3v) is 2.82. The van der Waals surface area contributed by atoms with Gasteiger partial charge in [-0.25, -0.2) is 9.59 Å². The summed E-state index contributed by atoms with van der Waals surface area (Å²) in [5.74, 6) is -0.695. The summed E-state index contributed by atoms with van der Waals surface area (Å²) in [6.45, 7) is 1.77. The minimum Gasteiger partial charge on any atom is -0.332 e. The largest absolute Gasteiger partial charge is 0.345 e. The maximum atomic E-state index is 11.7. The van der Waals surface area contributed by atoms with E-state index in [1.54, 1.807) is 18.2 Å². The summed E-state index contributed by atoms with van der Waals surface area (Å²) in [5.41, 5.74) is 1.27. The van der Waals surface area contributed by atoms with Gasteiger partial charge in [-0.2, -0.15) is 4.99 Å². The Morgan fingerprint density at radius 2 is 2.15 bits per heavy atom. The lowest BCUT2D eigenvalue weighted by Gasteiger charge is -2.14. The molecule has 104 valence electrons. The smallest absolute Gasteiger partial charge is 0.332 e. The number of hydrogen-bond acceptors (Lipinski definition) is 3. The molecule has 8 heteroatoms. The Kier molecular flexibility index (Phi) is 3.99. The normalized spacial score (nSPS) is 16.6. The van der Waals surface area contributed by atoms with Crippen LogP contribution in [0.15, 0.2) is 23.2 Å². The number of benzene rings is 1. The predicted octanol–water partition coefficient (Wildman–Crippen LogP) is 1.46. The van der Waals surface area contributed by atoms with E-state index < -0.39 is 18.0 Å². The van der Waals surface area contributed by atoms with Crippen molar-refractivity contribution >= 4 is 41.0 Å². The molecule has 0 unspecified atom stereocenters. The maximum Gasteiger partial charge on any atom is 0.345 e. The molecule has 1 fully saturated rings. The van der Waals surface area contributed by atoms with E-state index in [4.69, 9.17) is 11.6 Å². The molecule has 20 heavy (non-hydrogen) atoms. The Bertz CT molecular complexity index is 627. The molecular formula is C12H11ClN4O3. The van der Waals surface area contributed by atoms with Gasteiger partial charge in [-0.1, -0.05) is 17.7 Å². The highest BCUT2D eigenvalue weighted by molar-refractivity contribution is 6.45. The number of imide groups is 1. The number of urea groups is 2. The van der Waals surface area contributed by atoms with Crippen LogP contribution >= 0.6 is 11.6 Å². The first-order valence-electron chi connectivity index (χ1n) is 5.69. The fourth-order valence-electron chi connectivity index (χ4n) is 1.54. The van der Waals surface area contributed by atoms with Crippen LogP contribution in [0.2, 0.25) is 5.02 Å². The lowest BCUT2D eigenvalue weighted by atomic mass is 10.2. The van der Waals surface area contributed by atoms with E-state index in [0.717, 1.165) is 5.56 Å². The van der Waals surface area contributed by atoms with Crippen molar-refractivity contribution in [2.45, 2.75) is 6.92 Å². The van der Waals surface area contributed by atoms with Crippen LogP contribution in [0, 0.1) is 6.92 Å². The molecule has 1 aliphatic rings. The Hall–Kier alpha value is -2.41. The molecule has 0 aliphatic carbocycles. The number of nitrogens with zero attached hydrogens (tertiary/aromatic N) is 1. The van der Waals surface area contributed by atoms with Crippen LogP contribution in [0.25, 0.3) is 0 Å². The number of aryl methyl sites for hydroxylation is 1. The molecule has 0 saturated carbocycles. The van der Waals surface area contributed by atoms with E-state index in [0.29, 0.717) is 10.7 Å². The standard InChI is InChI=1S/C12H11ClN4O3/c1-6-2-3-8(7(13)4-6)15-12(20)16-9-5-14-11(19)17-10(9)18/h2-4H,5H2,1H3,(H,15,20)(H2,14,17,18,19). The van der Waals surface area contributed by atoms with E-state index >= 15 is 0 Å². The van der Waals surface area contributed by atoms with Crippen molar-refractivity contribution in [3.8, 4) is 0 Å². The molecular weight excluding hydrogens is 284 g/mol. The zero-order valence-corrected chi connectivity index (χ0v) is 11.2. The molecule has 5 amide bonds. The van der Waals surface area contributed by atoms with Gasteiger partial charge in [-0.3, -0.25) is 10.1 Å². The molecule has 3 N–H and O–H groups in total. The van der Waals surface area contributed by atoms with Gasteiger partial charge in [0.15, 0.2) is 0 Å². The van der Waals surface area contributed by atoms with Crippen LogP contribution in [-0.4, -0.2) is 30.2 Å². The lowest BCUT2D eigenvalue weighted by Crippen LogP contribution is -2.53. The molecule has 0 radical (unpaired) electrons. The average molecular weight is 295 g/mol. The second kappa shape index (κ2) is 5.70. The lowest BCUT2D eigenvalue weighted by molar-refractivity contribution is -0.114. The van der Waals surface area contributed by atoms with Gasteiger partial charge in [0, 0.05) is 0 Å². The fourth-order valence-corrected chi connectivity index (χ4v) is 1.82. The number of nitrogens with one attached hydrogen (secondary N) is 3. The molecule has 0 atom stereocenters. The van der Waals surface area contributed by atoms with Crippen molar-refractivity contribution < 1.29 is 14.4 Å². The first-order valence-corrected chi connectivity index (χ1v) is 6.07. The van der Waals surface area contributed by atoms with Crippen molar-refractivity contribution in [3.63, 3.8) is 0 Å². The number of rotatable bonds is 1. The van der Waals surface area contributed by atoms with Crippen LogP contribution in [0.4, 0.5) is 15.3 Å². The van der Waals surface area contributed by atoms with Crippen molar-refractivity contribution in [2.75, 3.05) is 11.9 Å². The van der Waals surface area contributed by atoms with Crippen molar-refractivity contribution in [3.05, 3.63) is 28.8 Å². The Labute approximate surface area is 119 Å². The van der Waals surface area contributed by atoms with Gasteiger partial charge in [0.1, 0.15) is 5.71 Å². The van der Waals surface area contributed by atoms with E-state index in [9.17, 15) is 14.4 Å². The molecule has 0 aromatic heterocycles. The number of carbonyl (C=O) groups is 3. The number of carbonyl (C=O) groups excluding carboxylic acids is 3. The first-order chi connectivity index (χ1) is 9.45. The van der Waals surface area contributed by atoms with E-state index in [-0.39, 0.29) is 12.3 Å². The molecule has 0 spiro atoms. The van der Waals surface area contributed by atoms with E-state index in [1.165, 1.54) is 0 Å². The maximum absolute atomic E-state index is 11.7. The summed E-state index contributed by atoms with van der Waals surface area (Å²) in [4.78, 5) is 37.5. The van der Waals surface area contributed by atoms with Gasteiger partial charge in [-0.05, 0) is 24.6 Å². The van der Waals surface area contributed by atoms with Crippen LogP contribution < -0.4 is 16.0 Å². The number of hydrogen-bond donors (Lipinski definition) is 3. The fraction of sp³-hybridized carbons (Fsp3) is 0.167. The van der Waals surface area contributed by atoms with Crippen molar-refractivity contribution in [1.82, 2.24) is 10.6 Å². The van der Waals surface area contributed by atoms with Crippen molar-refractivity contribution in [2.24, 2.45) is 4.99 Å². The van der Waals surface area contributed by atoms with Gasteiger partial charge in [-0.15, -0.1) is 0 Å². The summed E-state index contributed by atoms with van der Waals surface area (Å²) < 4.78 is 0. The van der Waals surface area contributed by atoms with Gasteiger partial charge >= 0.3 is 12.1 Å². The first kappa shape index (κ1) is 14.0. The highest BCUT2D eigenvalue weighted by Crippen LogP contribution is 2.22. The van der Waals surface area contributed by atoms with Gasteiger partial charge in [0.2, 0.25) is 0 Å². The second-order valence-corrected chi connectivity index (χ2v) is 4.52. The highest BCUT2D eigenvalue weighted by atomic mass is 35.5. The molecule has 1 aromatic rings. The molecule has 2 rings (SSSR count). The number of amides is 5. The van der Waals surface area contributed by atoms with E-state index in [2.05, 4.69) is 15.6 Å². The van der Waals surface area contributed by atoms with Crippen LogP contribution in [0.1, 0.15) is 5.56 Å². The van der Waals surface area contributed by atoms with Crippen molar-refractivity contribution in [1.29, 1.82) is 0 Å². The van der Waals surface area contributed by atoms with Gasteiger partial charge in [0.05, 0.1) is 17.3 Å². The number of anilines is 1. The molecule has 1 saturated heterocycles. The van der Waals surface area contributed by atoms with Crippen LogP contribution in [0.3, 0.4) is 0 Å². The summed E-state index contributed by atoms with van der Waals surface area (Å²) >= 11 is 5.96. The van der Waals surface area contributed by atoms with Crippen LogP contribution in [-0.2, 0) is 4.79 Å². The van der Waals surface area contributed by atoms with Gasteiger partial charge in [0.25, 0.3) is 5.91 Å². The van der Waals surface area contributed by atoms with Crippen LogP contribution in [0.5, 0.6) is 0 Å². The zero-order valence-electron chi connectivity index (χ0n) is 10.5. The third-order valence-electron chi connectivity index (χ3n) is 2.51. The molecule has 1 heterocycles. The van der Waals surface area contributed by atoms with E-state index in [1.807, 2.05) is 12.2 Å². The molecule has 1 aliphatic heterocycles. The SMILES string of the molecule is Cc1ccc(NC(=O)N=C2CNC(=O)NC2=O)c(Cl)c1. The summed E-state index contributed by atoms with van der Waals surface area (Å²) in [5, 5.41) is 7.17. The summed E-state index contributed by atoms with van der Waals surface area (Å²) in [7, 11) is 0. The minimum absolute atomic E-state index is 0.0784. The Balaban J connectivity index is 2.09. The second-order valence-electron chi connectivity index (χ2n) is 4.11. The zero-order chi connectivity index (χ0) is 14.7. The highest BCUT2D eigenvalue weighted by Gasteiger charge is 2.22. The number of aliphatic imine (C=N–C) groups is 1.